The minimum atomic E-state index is -3.91. The summed E-state index contributed by atoms with van der Waals surface area (Å²) in [5.74, 6) is -0.166. The lowest BCUT2D eigenvalue weighted by Crippen LogP contribution is -2.34. The molecule has 7 nitrogen and oxygen atoms in total. The van der Waals surface area contributed by atoms with Gasteiger partial charge in [0, 0.05) is 17.1 Å². The maximum atomic E-state index is 13.1. The molecule has 1 aromatic heterocycles. The maximum absolute atomic E-state index is 13.1. The summed E-state index contributed by atoms with van der Waals surface area (Å²) >= 11 is 7.25. The molecule has 0 aliphatic heterocycles. The van der Waals surface area contributed by atoms with Crippen LogP contribution in [0, 0.1) is 0 Å². The van der Waals surface area contributed by atoms with Gasteiger partial charge in [0.2, 0.25) is 5.91 Å². The van der Waals surface area contributed by atoms with Crippen LogP contribution in [0.15, 0.2) is 65.0 Å². The highest BCUT2D eigenvalue weighted by Crippen LogP contribution is 2.27. The van der Waals surface area contributed by atoms with Crippen LogP contribution >= 0.6 is 22.9 Å². The highest BCUT2D eigenvalue weighted by atomic mass is 35.5. The molecule has 0 radical (unpaired) electrons. The lowest BCUT2D eigenvalue weighted by Gasteiger charge is -2.22. The maximum Gasteiger partial charge on any atom is 0.266 e. The number of rotatable bonds is 8. The van der Waals surface area contributed by atoms with E-state index in [1.165, 1.54) is 41.8 Å². The van der Waals surface area contributed by atoms with Crippen molar-refractivity contribution < 1.29 is 17.9 Å². The van der Waals surface area contributed by atoms with E-state index in [0.717, 1.165) is 4.31 Å². The predicted octanol–water partition coefficient (Wildman–Crippen LogP) is 3.17. The summed E-state index contributed by atoms with van der Waals surface area (Å²) in [6.45, 7) is 0.0978. The number of para-hydroxylation sites is 1. The number of carbonyl (C=O) groups excluding carboxylic acids is 1. The number of ether oxygens (including phenoxy) is 1. The zero-order valence-electron chi connectivity index (χ0n) is 14.5. The fraction of sp³-hybridized carbons (Fsp3) is 0.111. The van der Waals surface area contributed by atoms with Gasteiger partial charge in [-0.05, 0) is 36.4 Å². The van der Waals surface area contributed by atoms with Gasteiger partial charge in [-0.3, -0.25) is 4.79 Å². The van der Waals surface area contributed by atoms with Crippen LogP contribution in [-0.2, 0) is 10.0 Å². The lowest BCUT2D eigenvalue weighted by molar-refractivity contribution is 0.1000. The summed E-state index contributed by atoms with van der Waals surface area (Å²) in [4.78, 5) is 15.3. The Morgan fingerprint density at radius 2 is 1.89 bits per heavy atom. The summed E-state index contributed by atoms with van der Waals surface area (Å²) < 4.78 is 33.0. The summed E-state index contributed by atoms with van der Waals surface area (Å²) in [6.07, 6.45) is 1.52. The highest BCUT2D eigenvalue weighted by molar-refractivity contribution is 7.93. The molecule has 1 amide bonds. The molecule has 1 heterocycles. The molecule has 3 aromatic rings. The fourth-order valence-electron chi connectivity index (χ4n) is 2.38. The Morgan fingerprint density at radius 1 is 1.18 bits per heavy atom. The lowest BCUT2D eigenvalue weighted by atomic mass is 10.2. The molecular weight excluding hydrogens is 422 g/mol. The Labute approximate surface area is 171 Å². The molecule has 0 spiro atoms. The number of sulfonamides is 1. The van der Waals surface area contributed by atoms with Gasteiger partial charge in [0.1, 0.15) is 12.4 Å². The van der Waals surface area contributed by atoms with Crippen molar-refractivity contribution in [3.63, 3.8) is 0 Å². The first-order valence-corrected chi connectivity index (χ1v) is 10.8. The van der Waals surface area contributed by atoms with Crippen molar-refractivity contribution in [2.75, 3.05) is 17.5 Å². The first kappa shape index (κ1) is 20.1. The molecule has 2 aromatic carbocycles. The predicted molar refractivity (Wildman–Crippen MR) is 109 cm³/mol. The number of hydrogen-bond acceptors (Lipinski definition) is 6. The van der Waals surface area contributed by atoms with Gasteiger partial charge < -0.3 is 10.5 Å². The van der Waals surface area contributed by atoms with E-state index >= 15 is 0 Å². The molecule has 0 atom stereocenters. The van der Waals surface area contributed by atoms with Crippen molar-refractivity contribution in [3.8, 4) is 5.75 Å². The zero-order chi connectivity index (χ0) is 20.1. The number of amides is 1. The first-order valence-electron chi connectivity index (χ1n) is 8.09. The molecule has 0 bridgehead atoms. The Kier molecular flexibility index (Phi) is 6.18. The van der Waals surface area contributed by atoms with E-state index in [4.69, 9.17) is 22.1 Å². The van der Waals surface area contributed by atoms with Crippen LogP contribution in [0.25, 0.3) is 0 Å². The summed E-state index contributed by atoms with van der Waals surface area (Å²) in [5.41, 5.74) is 5.43. The van der Waals surface area contributed by atoms with Crippen LogP contribution in [0.2, 0.25) is 5.02 Å². The SMILES string of the molecule is NC(=O)c1ccc(S(=O)(=O)N(CCOc2ccccc2Cl)c2nccs2)cc1. The number of carbonyl (C=O) groups is 1. The number of primary amides is 1. The molecule has 146 valence electrons. The first-order chi connectivity index (χ1) is 13.4. The summed E-state index contributed by atoms with van der Waals surface area (Å²) in [7, 11) is -3.91. The van der Waals surface area contributed by atoms with Gasteiger partial charge in [0.25, 0.3) is 10.0 Å². The molecule has 0 aliphatic carbocycles. The van der Waals surface area contributed by atoms with Gasteiger partial charge in [0.15, 0.2) is 5.13 Å². The van der Waals surface area contributed by atoms with Crippen molar-refractivity contribution in [2.24, 2.45) is 5.73 Å². The van der Waals surface area contributed by atoms with Gasteiger partial charge in [-0.15, -0.1) is 11.3 Å². The van der Waals surface area contributed by atoms with Crippen LogP contribution in [0.4, 0.5) is 5.13 Å². The fourth-order valence-corrected chi connectivity index (χ4v) is 4.87. The second-order valence-electron chi connectivity index (χ2n) is 5.56. The van der Waals surface area contributed by atoms with E-state index in [2.05, 4.69) is 4.98 Å². The average Bonchev–Trinajstić information content (AvgIpc) is 3.20. The summed E-state index contributed by atoms with van der Waals surface area (Å²) in [5, 5.41) is 2.43. The molecule has 2 N–H and O–H groups in total. The molecule has 0 fully saturated rings. The average molecular weight is 438 g/mol. The molecule has 3 rings (SSSR count). The van der Waals surface area contributed by atoms with Crippen LogP contribution in [0.3, 0.4) is 0 Å². The minimum absolute atomic E-state index is 0.0189. The number of nitrogens with two attached hydrogens (primary N) is 1. The second-order valence-corrected chi connectivity index (χ2v) is 8.70. The Hall–Kier alpha value is -2.62. The monoisotopic (exact) mass is 437 g/mol. The molecule has 10 heteroatoms. The van der Waals surface area contributed by atoms with Gasteiger partial charge in [0.05, 0.1) is 16.5 Å². The topological polar surface area (TPSA) is 103 Å². The Bertz CT molecular complexity index is 1050. The van der Waals surface area contributed by atoms with E-state index in [0.29, 0.717) is 15.9 Å². The number of aromatic nitrogens is 1. The van der Waals surface area contributed by atoms with Crippen molar-refractivity contribution in [2.45, 2.75) is 4.90 Å². The molecule has 0 saturated heterocycles. The molecule has 28 heavy (non-hydrogen) atoms. The summed E-state index contributed by atoms with van der Waals surface area (Å²) in [6, 6.07) is 12.4. The smallest absolute Gasteiger partial charge is 0.266 e. The van der Waals surface area contributed by atoms with Gasteiger partial charge in [-0.2, -0.15) is 0 Å². The van der Waals surface area contributed by atoms with E-state index < -0.39 is 15.9 Å². The molecule has 0 saturated carbocycles. The van der Waals surface area contributed by atoms with Crippen molar-refractivity contribution in [3.05, 3.63) is 70.7 Å². The number of anilines is 1. The third-order valence-electron chi connectivity index (χ3n) is 3.75. The number of thiazole rings is 1. The quantitative estimate of drug-likeness (QED) is 0.583. The molecule has 0 aliphatic rings. The third-order valence-corrected chi connectivity index (χ3v) is 6.77. The van der Waals surface area contributed by atoms with Crippen molar-refractivity contribution >= 4 is 44.0 Å². The van der Waals surface area contributed by atoms with Crippen molar-refractivity contribution in [1.29, 1.82) is 0 Å². The van der Waals surface area contributed by atoms with E-state index in [9.17, 15) is 13.2 Å². The number of nitrogens with zero attached hydrogens (tertiary/aromatic N) is 2. The van der Waals surface area contributed by atoms with Crippen LogP contribution in [-0.4, -0.2) is 32.5 Å². The largest absolute Gasteiger partial charge is 0.490 e. The number of hydrogen-bond donors (Lipinski definition) is 1. The van der Waals surface area contributed by atoms with Gasteiger partial charge in [-0.1, -0.05) is 23.7 Å². The normalized spacial score (nSPS) is 11.2. The molecule has 0 unspecified atom stereocenters. The standard InChI is InChI=1S/C18H16ClN3O4S2/c19-15-3-1-2-4-16(15)26-11-10-22(18-21-9-12-27-18)28(24,25)14-7-5-13(6-8-14)17(20)23/h1-9,12H,10-11H2,(H2,20,23). The Balaban J connectivity index is 1.83. The molecular formula is C18H16ClN3O4S2. The van der Waals surface area contributed by atoms with Crippen molar-refractivity contribution in [1.82, 2.24) is 4.98 Å². The van der Waals surface area contributed by atoms with Gasteiger partial charge >= 0.3 is 0 Å². The van der Waals surface area contributed by atoms with E-state index in [1.807, 2.05) is 0 Å². The number of halogens is 1. The van der Waals surface area contributed by atoms with E-state index in [-0.39, 0.29) is 23.6 Å². The highest BCUT2D eigenvalue weighted by Gasteiger charge is 2.27. The number of benzene rings is 2. The second kappa shape index (κ2) is 8.59. The zero-order valence-corrected chi connectivity index (χ0v) is 16.9. The minimum Gasteiger partial charge on any atom is -0.490 e. The van der Waals surface area contributed by atoms with Crippen LogP contribution in [0.5, 0.6) is 5.75 Å². The van der Waals surface area contributed by atoms with Crippen LogP contribution < -0.4 is 14.8 Å². The van der Waals surface area contributed by atoms with Crippen LogP contribution in [0.1, 0.15) is 10.4 Å². The van der Waals surface area contributed by atoms with E-state index in [1.54, 1.807) is 29.6 Å². The van der Waals surface area contributed by atoms with Gasteiger partial charge in [-0.25, -0.2) is 17.7 Å². The third kappa shape index (κ3) is 4.44. The Morgan fingerprint density at radius 3 is 2.50 bits per heavy atom.